The van der Waals surface area contributed by atoms with Gasteiger partial charge in [-0.3, -0.25) is 0 Å². The molecule has 2 nitrogen and oxygen atoms in total. The Bertz CT molecular complexity index is 357. The second-order valence-electron chi connectivity index (χ2n) is 4.17. The molecule has 0 saturated carbocycles. The number of benzene rings is 2. The fraction of sp³-hybridized carbons (Fsp3) is 0.375. The molecule has 0 aliphatic heterocycles. The van der Waals surface area contributed by atoms with Gasteiger partial charge in [0, 0.05) is 6.54 Å². The van der Waals surface area contributed by atoms with Crippen molar-refractivity contribution < 1.29 is 5.11 Å². The molecule has 98 valence electrons. The SMILES string of the molecule is CCCCNCCO.c1ccc2ccccc2c1. The van der Waals surface area contributed by atoms with Crippen LogP contribution < -0.4 is 5.32 Å². The van der Waals surface area contributed by atoms with Gasteiger partial charge in [-0.25, -0.2) is 0 Å². The van der Waals surface area contributed by atoms with Crippen molar-refractivity contribution in [2.45, 2.75) is 19.8 Å². The molecule has 0 atom stereocenters. The highest BCUT2D eigenvalue weighted by Gasteiger charge is 1.85. The number of unbranched alkanes of at least 4 members (excludes halogenated alkanes) is 1. The van der Waals surface area contributed by atoms with Crippen molar-refractivity contribution >= 4 is 10.8 Å². The van der Waals surface area contributed by atoms with Crippen molar-refractivity contribution in [2.24, 2.45) is 0 Å². The molecule has 0 bridgehead atoms. The number of rotatable bonds is 5. The van der Waals surface area contributed by atoms with Gasteiger partial charge in [0.25, 0.3) is 0 Å². The molecule has 0 amide bonds. The summed E-state index contributed by atoms with van der Waals surface area (Å²) in [5.74, 6) is 0. The molecule has 0 saturated heterocycles. The van der Waals surface area contributed by atoms with Crippen molar-refractivity contribution in [3.8, 4) is 0 Å². The minimum absolute atomic E-state index is 0.254. The number of aliphatic hydroxyl groups is 1. The van der Waals surface area contributed by atoms with Crippen LogP contribution in [0.25, 0.3) is 10.8 Å². The van der Waals surface area contributed by atoms with Gasteiger partial charge in [-0.15, -0.1) is 0 Å². The molecule has 0 aliphatic carbocycles. The Labute approximate surface area is 110 Å². The molecule has 2 N–H and O–H groups in total. The van der Waals surface area contributed by atoms with Gasteiger partial charge in [0.1, 0.15) is 0 Å². The monoisotopic (exact) mass is 245 g/mol. The Kier molecular flexibility index (Phi) is 7.85. The van der Waals surface area contributed by atoms with E-state index in [0.29, 0.717) is 0 Å². The van der Waals surface area contributed by atoms with Gasteiger partial charge in [0.2, 0.25) is 0 Å². The van der Waals surface area contributed by atoms with E-state index in [1.54, 1.807) is 0 Å². The zero-order valence-electron chi connectivity index (χ0n) is 11.1. The molecule has 0 aliphatic rings. The summed E-state index contributed by atoms with van der Waals surface area (Å²) in [6, 6.07) is 16.7. The fourth-order valence-electron chi connectivity index (χ4n) is 1.64. The number of nitrogens with one attached hydrogen (secondary N) is 1. The number of fused-ring (bicyclic) bond motifs is 1. The van der Waals surface area contributed by atoms with Crippen LogP contribution in [-0.4, -0.2) is 24.8 Å². The van der Waals surface area contributed by atoms with E-state index in [9.17, 15) is 0 Å². The van der Waals surface area contributed by atoms with E-state index in [1.165, 1.54) is 23.6 Å². The third-order valence-corrected chi connectivity index (χ3v) is 2.65. The smallest absolute Gasteiger partial charge is 0.0555 e. The second-order valence-corrected chi connectivity index (χ2v) is 4.17. The predicted octanol–water partition coefficient (Wildman–Crippen LogP) is 3.21. The maximum absolute atomic E-state index is 8.30. The lowest BCUT2D eigenvalue weighted by Gasteiger charge is -1.97. The fourth-order valence-corrected chi connectivity index (χ4v) is 1.64. The van der Waals surface area contributed by atoms with Crippen molar-refractivity contribution in [1.29, 1.82) is 0 Å². The van der Waals surface area contributed by atoms with E-state index in [1.807, 2.05) is 0 Å². The third-order valence-electron chi connectivity index (χ3n) is 2.65. The van der Waals surface area contributed by atoms with E-state index in [0.717, 1.165) is 13.1 Å². The Balaban J connectivity index is 0.000000187. The molecule has 0 aromatic heterocycles. The number of hydrogen-bond donors (Lipinski definition) is 2. The Morgan fingerprint density at radius 3 is 1.78 bits per heavy atom. The highest BCUT2D eigenvalue weighted by Crippen LogP contribution is 2.11. The van der Waals surface area contributed by atoms with Crippen LogP contribution in [-0.2, 0) is 0 Å². The summed E-state index contributed by atoms with van der Waals surface area (Å²) < 4.78 is 0. The first-order valence-corrected chi connectivity index (χ1v) is 6.64. The van der Waals surface area contributed by atoms with E-state index < -0.39 is 0 Å². The minimum atomic E-state index is 0.254. The summed E-state index contributed by atoms with van der Waals surface area (Å²) in [6.45, 7) is 4.18. The zero-order chi connectivity index (χ0) is 13.1. The second kappa shape index (κ2) is 9.63. The lowest BCUT2D eigenvalue weighted by Crippen LogP contribution is -2.18. The van der Waals surface area contributed by atoms with E-state index in [4.69, 9.17) is 5.11 Å². The van der Waals surface area contributed by atoms with Crippen LogP contribution in [0.15, 0.2) is 48.5 Å². The van der Waals surface area contributed by atoms with Crippen LogP contribution >= 0.6 is 0 Å². The zero-order valence-corrected chi connectivity index (χ0v) is 11.1. The Morgan fingerprint density at radius 2 is 1.39 bits per heavy atom. The van der Waals surface area contributed by atoms with Crippen LogP contribution in [0, 0.1) is 0 Å². The largest absolute Gasteiger partial charge is 0.395 e. The molecule has 0 unspecified atom stereocenters. The summed E-state index contributed by atoms with van der Waals surface area (Å²) in [5.41, 5.74) is 0. The normalized spacial score (nSPS) is 9.89. The van der Waals surface area contributed by atoms with Gasteiger partial charge in [0.15, 0.2) is 0 Å². The van der Waals surface area contributed by atoms with E-state index in [2.05, 4.69) is 60.8 Å². The van der Waals surface area contributed by atoms with Gasteiger partial charge < -0.3 is 10.4 Å². The van der Waals surface area contributed by atoms with Gasteiger partial charge in [-0.1, -0.05) is 61.9 Å². The van der Waals surface area contributed by atoms with Crippen molar-refractivity contribution in [3.05, 3.63) is 48.5 Å². The minimum Gasteiger partial charge on any atom is -0.395 e. The maximum Gasteiger partial charge on any atom is 0.0555 e. The molecule has 2 aromatic carbocycles. The highest BCUT2D eigenvalue weighted by atomic mass is 16.3. The van der Waals surface area contributed by atoms with Gasteiger partial charge in [-0.05, 0) is 23.7 Å². The average molecular weight is 245 g/mol. The van der Waals surface area contributed by atoms with Gasteiger partial charge in [0.05, 0.1) is 6.61 Å². The summed E-state index contributed by atoms with van der Waals surface area (Å²) in [6.07, 6.45) is 2.43. The summed E-state index contributed by atoms with van der Waals surface area (Å²) in [5, 5.41) is 14.0. The van der Waals surface area contributed by atoms with Crippen molar-refractivity contribution in [1.82, 2.24) is 5.32 Å². The predicted molar refractivity (Wildman–Crippen MR) is 78.8 cm³/mol. The van der Waals surface area contributed by atoms with E-state index >= 15 is 0 Å². The quantitative estimate of drug-likeness (QED) is 0.793. The topological polar surface area (TPSA) is 32.3 Å². The third kappa shape index (κ3) is 5.80. The number of hydrogen-bond acceptors (Lipinski definition) is 2. The van der Waals surface area contributed by atoms with Gasteiger partial charge >= 0.3 is 0 Å². The lowest BCUT2D eigenvalue weighted by molar-refractivity contribution is 0.292. The van der Waals surface area contributed by atoms with Crippen molar-refractivity contribution in [3.63, 3.8) is 0 Å². The van der Waals surface area contributed by atoms with E-state index in [-0.39, 0.29) is 6.61 Å². The highest BCUT2D eigenvalue weighted by molar-refractivity contribution is 5.81. The first-order chi connectivity index (χ1) is 8.88. The first-order valence-electron chi connectivity index (χ1n) is 6.64. The molecular weight excluding hydrogens is 222 g/mol. The summed E-state index contributed by atoms with van der Waals surface area (Å²) in [4.78, 5) is 0. The van der Waals surface area contributed by atoms with Gasteiger partial charge in [-0.2, -0.15) is 0 Å². The molecule has 18 heavy (non-hydrogen) atoms. The van der Waals surface area contributed by atoms with Crippen LogP contribution in [0.3, 0.4) is 0 Å². The van der Waals surface area contributed by atoms with Crippen LogP contribution in [0.5, 0.6) is 0 Å². The lowest BCUT2D eigenvalue weighted by atomic mass is 10.1. The van der Waals surface area contributed by atoms with Crippen LogP contribution in [0.2, 0.25) is 0 Å². The van der Waals surface area contributed by atoms with Crippen LogP contribution in [0.1, 0.15) is 19.8 Å². The molecule has 0 radical (unpaired) electrons. The van der Waals surface area contributed by atoms with Crippen molar-refractivity contribution in [2.75, 3.05) is 19.7 Å². The molecule has 0 spiro atoms. The molecular formula is C16H23NO. The number of aliphatic hydroxyl groups excluding tert-OH is 1. The standard InChI is InChI=1S/C10H8.C6H15NO/c1-2-6-10-8-4-3-7-9(10)5-1;1-2-3-4-7-5-6-8/h1-8H;7-8H,2-6H2,1H3. The summed E-state index contributed by atoms with van der Waals surface area (Å²) in [7, 11) is 0. The first kappa shape index (κ1) is 14.7. The molecule has 2 rings (SSSR count). The summed E-state index contributed by atoms with van der Waals surface area (Å²) >= 11 is 0. The molecule has 0 fully saturated rings. The molecule has 2 aromatic rings. The molecule has 0 heterocycles. The maximum atomic E-state index is 8.30. The average Bonchev–Trinajstić information content (AvgIpc) is 2.45. The molecule has 2 heteroatoms. The Morgan fingerprint density at radius 1 is 0.889 bits per heavy atom. The van der Waals surface area contributed by atoms with Crippen LogP contribution in [0.4, 0.5) is 0 Å². The Hall–Kier alpha value is -1.38.